The molecule has 29 heavy (non-hydrogen) atoms. The summed E-state index contributed by atoms with van der Waals surface area (Å²) in [4.78, 5) is 21.4. The topological polar surface area (TPSA) is 81.9 Å². The van der Waals surface area contributed by atoms with E-state index in [-0.39, 0.29) is 18.5 Å². The summed E-state index contributed by atoms with van der Waals surface area (Å²) in [5.41, 5.74) is 1.54. The summed E-state index contributed by atoms with van der Waals surface area (Å²) in [6.45, 7) is 0.0949. The van der Waals surface area contributed by atoms with Crippen LogP contribution in [0.3, 0.4) is 0 Å². The summed E-state index contributed by atoms with van der Waals surface area (Å²) in [5, 5.41) is 8.16. The lowest BCUT2D eigenvalue weighted by Crippen LogP contribution is -2.35. The largest absolute Gasteiger partial charge is 0.495 e. The Kier molecular flexibility index (Phi) is 5.76. The van der Waals surface area contributed by atoms with Gasteiger partial charge < -0.3 is 10.1 Å². The molecule has 1 aromatic carbocycles. The number of nitrogens with zero attached hydrogens (tertiary/aromatic N) is 4. The maximum Gasteiger partial charge on any atom is 0.242 e. The number of aromatic nitrogens is 4. The summed E-state index contributed by atoms with van der Waals surface area (Å²) < 4.78 is 6.83. The Hall–Kier alpha value is -2.93. The van der Waals surface area contributed by atoms with Crippen molar-refractivity contribution in [1.82, 2.24) is 25.1 Å². The lowest BCUT2D eigenvalue weighted by Gasteiger charge is -2.12. The number of carbonyl (C=O) groups is 1. The Morgan fingerprint density at radius 3 is 2.79 bits per heavy atom. The summed E-state index contributed by atoms with van der Waals surface area (Å²) >= 11 is 6.26. The second-order valence-corrected chi connectivity index (χ2v) is 7.46. The van der Waals surface area contributed by atoms with Crippen molar-refractivity contribution in [2.75, 3.05) is 7.11 Å². The number of rotatable bonds is 6. The van der Waals surface area contributed by atoms with Crippen molar-refractivity contribution in [3.63, 3.8) is 0 Å². The second-order valence-electron chi connectivity index (χ2n) is 7.06. The van der Waals surface area contributed by atoms with Gasteiger partial charge in [0.1, 0.15) is 12.3 Å². The van der Waals surface area contributed by atoms with Crippen LogP contribution in [0.1, 0.15) is 25.7 Å². The Morgan fingerprint density at radius 1 is 1.28 bits per heavy atom. The molecule has 0 atom stereocenters. The van der Waals surface area contributed by atoms with E-state index in [4.69, 9.17) is 16.3 Å². The van der Waals surface area contributed by atoms with Crippen LogP contribution in [0.4, 0.5) is 0 Å². The highest BCUT2D eigenvalue weighted by Gasteiger charge is 2.20. The van der Waals surface area contributed by atoms with Gasteiger partial charge in [0.05, 0.1) is 12.1 Å². The summed E-state index contributed by atoms with van der Waals surface area (Å²) in [7, 11) is 1.57. The quantitative estimate of drug-likeness (QED) is 0.668. The van der Waals surface area contributed by atoms with Gasteiger partial charge in [0.2, 0.25) is 5.91 Å². The molecule has 1 aliphatic rings. The minimum Gasteiger partial charge on any atom is -0.495 e. The van der Waals surface area contributed by atoms with Crippen LogP contribution in [0.25, 0.3) is 22.8 Å². The number of nitrogens with one attached hydrogen (secondary N) is 1. The predicted molar refractivity (Wildman–Crippen MR) is 111 cm³/mol. The molecule has 3 aromatic rings. The number of amides is 1. The fourth-order valence-electron chi connectivity index (χ4n) is 3.57. The van der Waals surface area contributed by atoms with Gasteiger partial charge in [0, 0.05) is 29.6 Å². The molecule has 0 radical (unpaired) electrons. The molecule has 1 N–H and O–H groups in total. The molecule has 2 aromatic heterocycles. The van der Waals surface area contributed by atoms with Crippen molar-refractivity contribution < 1.29 is 9.53 Å². The molecule has 1 saturated carbocycles. The Labute approximate surface area is 174 Å². The molecule has 150 valence electrons. The maximum absolute atomic E-state index is 12.6. The molecule has 0 spiro atoms. The minimum absolute atomic E-state index is 0.0637. The van der Waals surface area contributed by atoms with Crippen LogP contribution < -0.4 is 10.1 Å². The van der Waals surface area contributed by atoms with Crippen LogP contribution in [0, 0.1) is 0 Å². The van der Waals surface area contributed by atoms with Crippen LogP contribution in [-0.4, -0.2) is 38.8 Å². The van der Waals surface area contributed by atoms with Gasteiger partial charge in [-0.3, -0.25) is 9.78 Å². The average Bonchev–Trinajstić information content (AvgIpc) is 3.38. The first-order chi connectivity index (χ1) is 14.1. The molecule has 2 heterocycles. The van der Waals surface area contributed by atoms with Gasteiger partial charge in [-0.05, 0) is 43.2 Å². The highest BCUT2D eigenvalue weighted by Crippen LogP contribution is 2.30. The van der Waals surface area contributed by atoms with Gasteiger partial charge in [0.15, 0.2) is 11.6 Å². The van der Waals surface area contributed by atoms with Crippen molar-refractivity contribution >= 4 is 17.5 Å². The van der Waals surface area contributed by atoms with E-state index in [2.05, 4.69) is 20.4 Å². The molecule has 8 heteroatoms. The average molecular weight is 412 g/mol. The van der Waals surface area contributed by atoms with Gasteiger partial charge in [-0.1, -0.05) is 24.4 Å². The van der Waals surface area contributed by atoms with Crippen LogP contribution in [-0.2, 0) is 11.3 Å². The Balaban J connectivity index is 1.65. The van der Waals surface area contributed by atoms with Crippen molar-refractivity contribution in [1.29, 1.82) is 0 Å². The molecular weight excluding hydrogens is 390 g/mol. The molecule has 0 unspecified atom stereocenters. The van der Waals surface area contributed by atoms with E-state index >= 15 is 0 Å². The first kappa shape index (κ1) is 19.4. The first-order valence-electron chi connectivity index (χ1n) is 9.62. The number of methoxy groups -OCH3 is 1. The molecule has 1 amide bonds. The third kappa shape index (κ3) is 4.40. The van der Waals surface area contributed by atoms with Crippen molar-refractivity contribution in [2.45, 2.75) is 38.3 Å². The zero-order valence-electron chi connectivity index (χ0n) is 16.1. The summed E-state index contributed by atoms with van der Waals surface area (Å²) in [5.74, 6) is 1.59. The van der Waals surface area contributed by atoms with Crippen molar-refractivity contribution in [3.05, 3.63) is 47.7 Å². The zero-order chi connectivity index (χ0) is 20.2. The van der Waals surface area contributed by atoms with Gasteiger partial charge in [0.25, 0.3) is 0 Å². The fraction of sp³-hybridized carbons (Fsp3) is 0.333. The molecule has 1 fully saturated rings. The van der Waals surface area contributed by atoms with Crippen LogP contribution in [0.5, 0.6) is 5.75 Å². The monoisotopic (exact) mass is 411 g/mol. The number of halogens is 1. The van der Waals surface area contributed by atoms with Crippen LogP contribution in [0.2, 0.25) is 5.02 Å². The molecule has 0 saturated heterocycles. The van der Waals surface area contributed by atoms with E-state index in [1.54, 1.807) is 36.3 Å². The van der Waals surface area contributed by atoms with E-state index in [1.165, 1.54) is 0 Å². The Morgan fingerprint density at radius 2 is 2.10 bits per heavy atom. The predicted octanol–water partition coefficient (Wildman–Crippen LogP) is 3.73. The van der Waals surface area contributed by atoms with Crippen LogP contribution in [0.15, 0.2) is 42.7 Å². The van der Waals surface area contributed by atoms with Crippen molar-refractivity contribution in [2.24, 2.45) is 0 Å². The van der Waals surface area contributed by atoms with E-state index < -0.39 is 0 Å². The molecular formula is C21H22ClN5O2. The summed E-state index contributed by atoms with van der Waals surface area (Å²) in [6.07, 6.45) is 7.80. The van der Waals surface area contributed by atoms with Gasteiger partial charge >= 0.3 is 0 Å². The number of carbonyl (C=O) groups excluding carboxylic acids is 1. The number of hydrogen-bond donors (Lipinski definition) is 1. The fourth-order valence-corrected chi connectivity index (χ4v) is 3.83. The minimum atomic E-state index is -0.0637. The zero-order valence-corrected chi connectivity index (χ0v) is 16.9. The second kappa shape index (κ2) is 8.61. The third-order valence-electron chi connectivity index (χ3n) is 5.02. The van der Waals surface area contributed by atoms with Crippen LogP contribution >= 0.6 is 11.6 Å². The smallest absolute Gasteiger partial charge is 0.242 e. The SMILES string of the molecule is COc1ccc(-c2nc(-c3cccnc3)n(CC(=O)NC3CCCC3)n2)cc1Cl. The standard InChI is InChI=1S/C21H22ClN5O2/c1-29-18-9-8-14(11-17(18)22)20-25-21(15-5-4-10-23-12-15)27(26-20)13-19(28)24-16-6-2-3-7-16/h4-5,8-12,16H,2-3,6-7,13H2,1H3,(H,24,28). The van der Waals surface area contributed by atoms with E-state index in [9.17, 15) is 4.79 Å². The molecule has 1 aliphatic carbocycles. The maximum atomic E-state index is 12.6. The van der Waals surface area contributed by atoms with E-state index in [0.717, 1.165) is 36.8 Å². The molecule has 7 nitrogen and oxygen atoms in total. The molecule has 0 aliphatic heterocycles. The van der Waals surface area contributed by atoms with Gasteiger partial charge in [-0.15, -0.1) is 5.10 Å². The highest BCUT2D eigenvalue weighted by atomic mass is 35.5. The van der Waals surface area contributed by atoms with Gasteiger partial charge in [-0.25, -0.2) is 9.67 Å². The Bertz CT molecular complexity index is 1000. The number of pyridine rings is 1. The third-order valence-corrected chi connectivity index (χ3v) is 5.31. The lowest BCUT2D eigenvalue weighted by atomic mass is 10.2. The van der Waals surface area contributed by atoms with Crippen molar-refractivity contribution in [3.8, 4) is 28.5 Å². The lowest BCUT2D eigenvalue weighted by molar-refractivity contribution is -0.122. The summed E-state index contributed by atoms with van der Waals surface area (Å²) in [6, 6.07) is 9.36. The number of hydrogen-bond acceptors (Lipinski definition) is 5. The molecule has 0 bridgehead atoms. The number of benzene rings is 1. The van der Waals surface area contributed by atoms with E-state index in [1.807, 2.05) is 18.2 Å². The first-order valence-corrected chi connectivity index (χ1v) is 10.0. The normalized spacial score (nSPS) is 14.1. The van der Waals surface area contributed by atoms with Gasteiger partial charge in [-0.2, -0.15) is 0 Å². The number of ether oxygens (including phenoxy) is 1. The molecule has 4 rings (SSSR count). The highest BCUT2D eigenvalue weighted by molar-refractivity contribution is 6.32. The van der Waals surface area contributed by atoms with E-state index in [0.29, 0.717) is 22.4 Å².